The molecule has 0 spiro atoms. The molecule has 0 bridgehead atoms. The summed E-state index contributed by atoms with van der Waals surface area (Å²) in [5.41, 5.74) is 1.90. The topological polar surface area (TPSA) is 51.7 Å². The molecule has 1 aromatic heterocycles. The Morgan fingerprint density at radius 2 is 1.92 bits per heavy atom. The van der Waals surface area contributed by atoms with Gasteiger partial charge in [0.05, 0.1) is 26.0 Å². The lowest BCUT2D eigenvalue weighted by atomic mass is 9.88. The molecule has 0 radical (unpaired) electrons. The quantitative estimate of drug-likeness (QED) is 0.722. The van der Waals surface area contributed by atoms with Crippen LogP contribution < -0.4 is 9.64 Å². The number of rotatable bonds is 7. The minimum atomic E-state index is 0.119. The normalized spacial score (nSPS) is 15.0. The fraction of sp³-hybridized carbons (Fsp3) is 0.500. The van der Waals surface area contributed by atoms with Crippen molar-refractivity contribution in [3.05, 3.63) is 29.6 Å². The van der Waals surface area contributed by atoms with Crippen LogP contribution in [0.1, 0.15) is 32.1 Å². The SMILES string of the molecule is COCCN(C(=O)C1CCCCC1)c1nc(-c2ccc(OC)cc2)cs1. The van der Waals surface area contributed by atoms with Crippen LogP contribution in [0.3, 0.4) is 0 Å². The van der Waals surface area contributed by atoms with Crippen LogP contribution in [-0.2, 0) is 9.53 Å². The number of ether oxygens (including phenoxy) is 2. The first-order chi connectivity index (χ1) is 12.7. The summed E-state index contributed by atoms with van der Waals surface area (Å²) in [5, 5.41) is 2.76. The zero-order valence-electron chi connectivity index (χ0n) is 15.4. The number of nitrogens with zero attached hydrogens (tertiary/aromatic N) is 2. The molecule has 0 unspecified atom stereocenters. The molecule has 0 atom stereocenters. The first kappa shape index (κ1) is 18.9. The Morgan fingerprint density at radius 1 is 1.19 bits per heavy atom. The lowest BCUT2D eigenvalue weighted by Crippen LogP contribution is -2.39. The predicted octanol–water partition coefficient (Wildman–Crippen LogP) is 4.38. The molecule has 140 valence electrons. The average molecular weight is 375 g/mol. The molecule has 0 aliphatic heterocycles. The van der Waals surface area contributed by atoms with Gasteiger partial charge in [-0.3, -0.25) is 9.69 Å². The zero-order chi connectivity index (χ0) is 18.4. The van der Waals surface area contributed by atoms with E-state index in [1.54, 1.807) is 14.2 Å². The molecule has 1 fully saturated rings. The third kappa shape index (κ3) is 4.43. The van der Waals surface area contributed by atoms with Crippen molar-refractivity contribution in [1.29, 1.82) is 0 Å². The van der Waals surface area contributed by atoms with Gasteiger partial charge < -0.3 is 9.47 Å². The summed E-state index contributed by atoms with van der Waals surface area (Å²) in [7, 11) is 3.31. The standard InChI is InChI=1S/C20H26N2O3S/c1-24-13-12-22(19(23)16-6-4-3-5-7-16)20-21-18(14-26-20)15-8-10-17(25-2)11-9-15/h8-11,14,16H,3-7,12-13H2,1-2H3. The monoisotopic (exact) mass is 374 g/mol. The third-order valence-electron chi connectivity index (χ3n) is 4.85. The van der Waals surface area contributed by atoms with Crippen molar-refractivity contribution in [2.24, 2.45) is 5.92 Å². The van der Waals surface area contributed by atoms with E-state index < -0.39 is 0 Å². The van der Waals surface area contributed by atoms with E-state index in [9.17, 15) is 4.79 Å². The van der Waals surface area contributed by atoms with Gasteiger partial charge in [-0.05, 0) is 37.1 Å². The summed E-state index contributed by atoms with van der Waals surface area (Å²) < 4.78 is 10.4. The Kier molecular flexibility index (Phi) is 6.63. The molecule has 1 heterocycles. The van der Waals surface area contributed by atoms with Crippen LogP contribution in [-0.4, -0.2) is 38.3 Å². The lowest BCUT2D eigenvalue weighted by molar-refractivity contribution is -0.123. The zero-order valence-corrected chi connectivity index (χ0v) is 16.3. The van der Waals surface area contributed by atoms with Gasteiger partial charge in [0, 0.05) is 24.0 Å². The second-order valence-corrected chi connectivity index (χ2v) is 7.40. The van der Waals surface area contributed by atoms with E-state index in [0.717, 1.165) is 47.8 Å². The summed E-state index contributed by atoms with van der Waals surface area (Å²) in [4.78, 5) is 19.6. The van der Waals surface area contributed by atoms with Crippen LogP contribution in [0.2, 0.25) is 0 Å². The van der Waals surface area contributed by atoms with Crippen molar-refractivity contribution in [2.45, 2.75) is 32.1 Å². The Labute approximate surface area is 159 Å². The molecule has 5 nitrogen and oxygen atoms in total. The summed E-state index contributed by atoms with van der Waals surface area (Å²) in [6.07, 6.45) is 5.49. The van der Waals surface area contributed by atoms with Crippen molar-refractivity contribution < 1.29 is 14.3 Å². The number of carbonyl (C=O) groups is 1. The van der Waals surface area contributed by atoms with E-state index in [0.29, 0.717) is 13.2 Å². The van der Waals surface area contributed by atoms with Gasteiger partial charge in [-0.1, -0.05) is 19.3 Å². The van der Waals surface area contributed by atoms with E-state index in [1.165, 1.54) is 17.8 Å². The molecular formula is C20H26N2O3S. The molecule has 1 amide bonds. The van der Waals surface area contributed by atoms with Crippen LogP contribution in [0.4, 0.5) is 5.13 Å². The molecule has 0 saturated heterocycles. The molecule has 3 rings (SSSR count). The maximum atomic E-state index is 13.1. The Hall–Kier alpha value is -1.92. The summed E-state index contributed by atoms with van der Waals surface area (Å²) in [5.74, 6) is 1.13. The van der Waals surface area contributed by atoms with E-state index in [1.807, 2.05) is 34.5 Å². The van der Waals surface area contributed by atoms with E-state index in [-0.39, 0.29) is 11.8 Å². The minimum absolute atomic E-state index is 0.119. The Morgan fingerprint density at radius 3 is 2.58 bits per heavy atom. The van der Waals surface area contributed by atoms with Crippen LogP contribution in [0.25, 0.3) is 11.3 Å². The highest BCUT2D eigenvalue weighted by atomic mass is 32.1. The maximum absolute atomic E-state index is 13.1. The van der Waals surface area contributed by atoms with Crippen LogP contribution in [0.5, 0.6) is 5.75 Å². The van der Waals surface area contributed by atoms with Crippen molar-refractivity contribution in [1.82, 2.24) is 4.98 Å². The van der Waals surface area contributed by atoms with Gasteiger partial charge in [-0.15, -0.1) is 11.3 Å². The number of benzene rings is 1. The second-order valence-electron chi connectivity index (χ2n) is 6.56. The third-order valence-corrected chi connectivity index (χ3v) is 5.71. The van der Waals surface area contributed by atoms with Crippen molar-refractivity contribution in [3.8, 4) is 17.0 Å². The van der Waals surface area contributed by atoms with E-state index in [4.69, 9.17) is 14.5 Å². The maximum Gasteiger partial charge on any atom is 0.231 e. The fourth-order valence-electron chi connectivity index (χ4n) is 3.34. The van der Waals surface area contributed by atoms with Crippen LogP contribution in [0.15, 0.2) is 29.6 Å². The van der Waals surface area contributed by atoms with Crippen LogP contribution >= 0.6 is 11.3 Å². The van der Waals surface area contributed by atoms with Gasteiger partial charge in [0.15, 0.2) is 5.13 Å². The summed E-state index contributed by atoms with van der Waals surface area (Å²) >= 11 is 1.51. The Balaban J connectivity index is 1.79. The van der Waals surface area contributed by atoms with Crippen molar-refractivity contribution in [2.75, 3.05) is 32.3 Å². The number of amides is 1. The van der Waals surface area contributed by atoms with Gasteiger partial charge >= 0.3 is 0 Å². The molecule has 1 aliphatic carbocycles. The number of anilines is 1. The molecule has 0 N–H and O–H groups in total. The molecule has 2 aromatic rings. The number of carbonyl (C=O) groups excluding carboxylic acids is 1. The summed E-state index contributed by atoms with van der Waals surface area (Å²) in [6, 6.07) is 7.81. The average Bonchev–Trinajstić information content (AvgIpc) is 3.19. The van der Waals surface area contributed by atoms with Gasteiger partial charge in [-0.25, -0.2) is 4.98 Å². The van der Waals surface area contributed by atoms with Gasteiger partial charge in [0.1, 0.15) is 5.75 Å². The van der Waals surface area contributed by atoms with Gasteiger partial charge in [0.25, 0.3) is 0 Å². The first-order valence-electron chi connectivity index (χ1n) is 9.13. The number of methoxy groups -OCH3 is 2. The van der Waals surface area contributed by atoms with Crippen LogP contribution in [0, 0.1) is 5.92 Å². The molecule has 6 heteroatoms. The van der Waals surface area contributed by atoms with Crippen molar-refractivity contribution >= 4 is 22.4 Å². The number of hydrogen-bond acceptors (Lipinski definition) is 5. The van der Waals surface area contributed by atoms with Gasteiger partial charge in [-0.2, -0.15) is 0 Å². The minimum Gasteiger partial charge on any atom is -0.497 e. The lowest BCUT2D eigenvalue weighted by Gasteiger charge is -2.27. The highest BCUT2D eigenvalue weighted by Gasteiger charge is 2.28. The smallest absolute Gasteiger partial charge is 0.231 e. The molecule has 1 aromatic carbocycles. The largest absolute Gasteiger partial charge is 0.497 e. The second kappa shape index (κ2) is 9.14. The molecule has 1 saturated carbocycles. The molecule has 26 heavy (non-hydrogen) atoms. The number of hydrogen-bond donors (Lipinski definition) is 0. The molecular weight excluding hydrogens is 348 g/mol. The highest BCUT2D eigenvalue weighted by Crippen LogP contribution is 2.32. The van der Waals surface area contributed by atoms with Gasteiger partial charge in [0.2, 0.25) is 5.91 Å². The number of thiazole rings is 1. The molecule has 1 aliphatic rings. The Bertz CT molecular complexity index is 708. The van der Waals surface area contributed by atoms with Crippen molar-refractivity contribution in [3.63, 3.8) is 0 Å². The fourth-order valence-corrected chi connectivity index (χ4v) is 4.20. The summed E-state index contributed by atoms with van der Waals surface area (Å²) in [6.45, 7) is 1.05. The number of aromatic nitrogens is 1. The first-order valence-corrected chi connectivity index (χ1v) is 10.0. The van der Waals surface area contributed by atoms with E-state index >= 15 is 0 Å². The predicted molar refractivity (Wildman–Crippen MR) is 105 cm³/mol. The van der Waals surface area contributed by atoms with E-state index in [2.05, 4.69) is 0 Å². The highest BCUT2D eigenvalue weighted by molar-refractivity contribution is 7.14.